The van der Waals surface area contributed by atoms with E-state index in [1.165, 1.54) is 72.2 Å². The molecule has 300 valence electrons. The van der Waals surface area contributed by atoms with Crippen LogP contribution in [0.5, 0.6) is 0 Å². The molecule has 1 heterocycles. The van der Waals surface area contributed by atoms with Crippen LogP contribution in [0.15, 0.2) is 237 Å². The zero-order chi connectivity index (χ0) is 42.5. The van der Waals surface area contributed by atoms with Crippen LogP contribution in [0.1, 0.15) is 45.4 Å². The first-order valence-corrected chi connectivity index (χ1v) is 22.1. The number of nitrogens with zero attached hydrogens (tertiary/aromatic N) is 2. The van der Waals surface area contributed by atoms with Crippen molar-refractivity contribution < 1.29 is 0 Å². The van der Waals surface area contributed by atoms with E-state index in [0.29, 0.717) is 5.82 Å². The molecule has 2 heteroatoms. The molecule has 64 heavy (non-hydrogen) atoms. The van der Waals surface area contributed by atoms with Crippen molar-refractivity contribution in [1.29, 1.82) is 0 Å². The van der Waals surface area contributed by atoms with Crippen molar-refractivity contribution in [3.8, 4) is 56.2 Å². The first-order valence-electron chi connectivity index (χ1n) is 22.1. The smallest absolute Gasteiger partial charge is 0.160 e. The molecule has 2 aliphatic carbocycles. The summed E-state index contributed by atoms with van der Waals surface area (Å²) in [4.78, 5) is 10.7. The van der Waals surface area contributed by atoms with Crippen LogP contribution in [0.4, 0.5) is 0 Å². The van der Waals surface area contributed by atoms with Crippen LogP contribution in [0, 0.1) is 0 Å². The van der Waals surface area contributed by atoms with Crippen molar-refractivity contribution in [2.24, 2.45) is 0 Å². The van der Waals surface area contributed by atoms with Gasteiger partial charge in [-0.2, -0.15) is 0 Å². The van der Waals surface area contributed by atoms with Crippen LogP contribution < -0.4 is 0 Å². The topological polar surface area (TPSA) is 25.8 Å². The molecule has 0 saturated carbocycles. The molecular weight excluding hydrogens is 773 g/mol. The molecule has 12 rings (SSSR count). The molecule has 0 fully saturated rings. The van der Waals surface area contributed by atoms with Gasteiger partial charge in [0.15, 0.2) is 5.82 Å². The van der Waals surface area contributed by atoms with Crippen molar-refractivity contribution in [3.05, 3.63) is 276 Å². The van der Waals surface area contributed by atoms with E-state index >= 15 is 0 Å². The molecule has 0 aliphatic heterocycles. The molecule has 0 saturated heterocycles. The van der Waals surface area contributed by atoms with Gasteiger partial charge in [0.1, 0.15) is 0 Å². The van der Waals surface area contributed by atoms with Gasteiger partial charge in [-0.15, -0.1) is 0 Å². The molecule has 9 aromatic carbocycles. The molecule has 2 nitrogen and oxygen atoms in total. The van der Waals surface area contributed by atoms with E-state index in [-0.39, 0.29) is 0 Å². The second-order valence-electron chi connectivity index (χ2n) is 16.7. The van der Waals surface area contributed by atoms with Crippen LogP contribution in [-0.2, 0) is 5.41 Å². The summed E-state index contributed by atoms with van der Waals surface area (Å²) < 4.78 is 0. The minimum Gasteiger partial charge on any atom is -0.228 e. The Morgan fingerprint density at radius 3 is 1.64 bits per heavy atom. The highest BCUT2D eigenvalue weighted by Gasteiger charge is 2.46. The first-order chi connectivity index (χ1) is 31.8. The van der Waals surface area contributed by atoms with Gasteiger partial charge >= 0.3 is 0 Å². The summed E-state index contributed by atoms with van der Waals surface area (Å²) >= 11 is 0. The average Bonchev–Trinajstić information content (AvgIpc) is 3.49. The fraction of sp³-hybridized carbons (Fsp3) is 0.0323. The highest BCUT2D eigenvalue weighted by Crippen LogP contribution is 2.57. The van der Waals surface area contributed by atoms with Gasteiger partial charge in [0.05, 0.1) is 16.8 Å². The minimum atomic E-state index is -0.480. The Hall–Kier alpha value is -8.20. The molecule has 10 aromatic rings. The fourth-order valence-electron chi connectivity index (χ4n) is 10.4. The van der Waals surface area contributed by atoms with Gasteiger partial charge in [-0.3, -0.25) is 0 Å². The third kappa shape index (κ3) is 6.10. The van der Waals surface area contributed by atoms with Gasteiger partial charge in [0.2, 0.25) is 0 Å². The van der Waals surface area contributed by atoms with Crippen LogP contribution in [-0.4, -0.2) is 9.97 Å². The van der Waals surface area contributed by atoms with Crippen molar-refractivity contribution in [2.75, 3.05) is 0 Å². The van der Waals surface area contributed by atoms with Crippen LogP contribution in [0.2, 0.25) is 0 Å². The highest BCUT2D eigenvalue weighted by atomic mass is 14.9. The lowest BCUT2D eigenvalue weighted by Crippen LogP contribution is -2.28. The van der Waals surface area contributed by atoms with Gasteiger partial charge in [-0.1, -0.05) is 231 Å². The van der Waals surface area contributed by atoms with E-state index in [2.05, 4.69) is 237 Å². The van der Waals surface area contributed by atoms with E-state index in [4.69, 9.17) is 9.97 Å². The maximum absolute atomic E-state index is 5.38. The van der Waals surface area contributed by atoms with Crippen molar-refractivity contribution in [1.82, 2.24) is 9.97 Å². The van der Waals surface area contributed by atoms with Crippen LogP contribution in [0.25, 0.3) is 78.6 Å². The van der Waals surface area contributed by atoms with Crippen LogP contribution in [0.3, 0.4) is 0 Å². The summed E-state index contributed by atoms with van der Waals surface area (Å²) in [6.07, 6.45) is 7.70. The second-order valence-corrected chi connectivity index (χ2v) is 16.7. The largest absolute Gasteiger partial charge is 0.228 e. The second kappa shape index (κ2) is 15.6. The predicted octanol–water partition coefficient (Wildman–Crippen LogP) is 15.5. The Morgan fingerprint density at radius 2 is 0.922 bits per heavy atom. The van der Waals surface area contributed by atoms with E-state index < -0.39 is 5.41 Å². The van der Waals surface area contributed by atoms with E-state index in [0.717, 1.165) is 39.9 Å². The molecule has 2 aliphatic rings. The summed E-state index contributed by atoms with van der Waals surface area (Å²) in [5.74, 6) is 0.699. The molecule has 0 amide bonds. The summed E-state index contributed by atoms with van der Waals surface area (Å²) in [7, 11) is 0. The predicted molar refractivity (Wildman–Crippen MR) is 266 cm³/mol. The van der Waals surface area contributed by atoms with Gasteiger partial charge < -0.3 is 0 Å². The Morgan fingerprint density at radius 1 is 0.375 bits per heavy atom. The third-order valence-electron chi connectivity index (χ3n) is 13.2. The molecule has 0 atom stereocenters. The standard InChI is InChI=1S/C62H42N2/c1-5-20-42(21-6-1)49-30-14-13-22-43-25-19-34-55(60(43)49)59-41-58(63-61(64-59)44-23-7-2-8-24-44)54-39-38-48(50-31-15-16-32-51(50)54)45-36-37-53-52-33-17-18-35-56(52)62(57(53)40-45,46-26-9-3-10-27-46)47-28-11-4-12-29-47/h1-13,15-41H,14H2. The van der Waals surface area contributed by atoms with Crippen molar-refractivity contribution in [2.45, 2.75) is 11.8 Å². The SMILES string of the molecule is C1=Cc2cccc(-c3cc(-c4ccc(-c5ccc6c(c5)C(c5ccccc5)(c5ccccc5)c5ccccc5-6)c5ccccc45)nc(-c4ccccc4)n3)c2C(c2ccccc2)=CC1. The molecule has 0 unspecified atom stereocenters. The summed E-state index contributed by atoms with van der Waals surface area (Å²) in [5.41, 5.74) is 19.3. The van der Waals surface area contributed by atoms with Crippen LogP contribution >= 0.6 is 0 Å². The highest BCUT2D eigenvalue weighted by molar-refractivity contribution is 6.05. The first kappa shape index (κ1) is 37.6. The van der Waals surface area contributed by atoms with Gasteiger partial charge in [-0.25, -0.2) is 9.97 Å². The summed E-state index contributed by atoms with van der Waals surface area (Å²) in [5, 5.41) is 2.32. The van der Waals surface area contributed by atoms with E-state index in [1.54, 1.807) is 0 Å². The van der Waals surface area contributed by atoms with Gasteiger partial charge in [-0.05, 0) is 96.1 Å². The summed E-state index contributed by atoms with van der Waals surface area (Å²) in [6, 6.07) is 81.4. The number of benzene rings is 9. The lowest BCUT2D eigenvalue weighted by Gasteiger charge is -2.34. The van der Waals surface area contributed by atoms with Crippen molar-refractivity contribution in [3.63, 3.8) is 0 Å². The minimum absolute atomic E-state index is 0.480. The fourth-order valence-corrected chi connectivity index (χ4v) is 10.4. The van der Waals surface area contributed by atoms with E-state index in [1.807, 2.05) is 6.07 Å². The third-order valence-corrected chi connectivity index (χ3v) is 13.2. The van der Waals surface area contributed by atoms with E-state index in [9.17, 15) is 0 Å². The number of hydrogen-bond donors (Lipinski definition) is 0. The molecular formula is C62H42N2. The lowest BCUT2D eigenvalue weighted by molar-refractivity contribution is 0.769. The summed E-state index contributed by atoms with van der Waals surface area (Å²) in [6.45, 7) is 0. The number of allylic oxidation sites excluding steroid dienone is 2. The molecule has 0 N–H and O–H groups in total. The Labute approximate surface area is 374 Å². The maximum Gasteiger partial charge on any atom is 0.160 e. The number of hydrogen-bond acceptors (Lipinski definition) is 2. The quantitative estimate of drug-likeness (QED) is 0.160. The molecule has 0 spiro atoms. The average molecular weight is 815 g/mol. The molecule has 1 aromatic heterocycles. The molecule has 0 bridgehead atoms. The normalized spacial score (nSPS) is 13.4. The Balaban J connectivity index is 1.06. The van der Waals surface area contributed by atoms with Crippen molar-refractivity contribution >= 4 is 22.4 Å². The Bertz CT molecular complexity index is 3400. The Kier molecular flexibility index (Phi) is 9.16. The molecule has 0 radical (unpaired) electrons. The van der Waals surface area contributed by atoms with Gasteiger partial charge in [0.25, 0.3) is 0 Å². The number of fused-ring (bicyclic) bond motifs is 5. The zero-order valence-corrected chi connectivity index (χ0v) is 35.2. The zero-order valence-electron chi connectivity index (χ0n) is 35.2. The monoisotopic (exact) mass is 814 g/mol. The maximum atomic E-state index is 5.38. The number of aromatic nitrogens is 2. The van der Waals surface area contributed by atoms with Gasteiger partial charge in [0, 0.05) is 16.7 Å². The lowest BCUT2D eigenvalue weighted by atomic mass is 9.67. The number of rotatable bonds is 7.